The highest BCUT2D eigenvalue weighted by Crippen LogP contribution is 2.07. The predicted molar refractivity (Wildman–Crippen MR) is 119 cm³/mol. The fraction of sp³-hybridized carbons (Fsp3) is 0.636. The average Bonchev–Trinajstić information content (AvgIpc) is 2.84. The van der Waals surface area contributed by atoms with E-state index < -0.39 is 5.91 Å². The van der Waals surface area contributed by atoms with E-state index in [-0.39, 0.29) is 12.3 Å². The number of rotatable bonds is 16. The van der Waals surface area contributed by atoms with Crippen LogP contribution < -0.4 is 5.73 Å². The number of nitrogens with zero attached hydrogens (tertiary/aromatic N) is 9. The number of carbonyl (C=O) groups is 2. The quantitative estimate of drug-likeness (QED) is 0.199. The lowest BCUT2D eigenvalue weighted by atomic mass is 10.1. The molecule has 0 rings (SSSR count). The van der Waals surface area contributed by atoms with Crippen LogP contribution in [0.5, 0.6) is 0 Å². The van der Waals surface area contributed by atoms with Crippen LogP contribution in [0.3, 0.4) is 0 Å². The molecule has 0 heterocycles. The topological polar surface area (TPSA) is 213 Å². The summed E-state index contributed by atoms with van der Waals surface area (Å²) < 4.78 is 0. The van der Waals surface area contributed by atoms with Crippen LogP contribution in [0.25, 0.3) is 0 Å². The Morgan fingerprint density at radius 3 is 1.24 bits per heavy atom. The van der Waals surface area contributed by atoms with Crippen molar-refractivity contribution < 1.29 is 9.59 Å². The van der Waals surface area contributed by atoms with Gasteiger partial charge in [0.05, 0.1) is 0 Å². The minimum Gasteiger partial charge on any atom is -0.370 e. The maximum atomic E-state index is 11.2. The predicted octanol–water partition coefficient (Wildman–Crippen LogP) is 2.46. The Morgan fingerprint density at radius 1 is 0.529 bits per heavy atom. The van der Waals surface area contributed by atoms with Gasteiger partial charge in [-0.3, -0.25) is 9.59 Å². The van der Waals surface area contributed by atoms with Gasteiger partial charge < -0.3 is 5.73 Å². The van der Waals surface area contributed by atoms with E-state index in [1.54, 1.807) is 24.8 Å². The molecule has 2 amide bonds. The molecule has 0 radical (unpaired) electrons. The lowest BCUT2D eigenvalue weighted by molar-refractivity contribution is -0.126. The lowest BCUT2D eigenvalue weighted by Crippen LogP contribution is -2.20. The van der Waals surface area contributed by atoms with Gasteiger partial charge in [0.25, 0.3) is 0 Å². The van der Waals surface area contributed by atoms with Gasteiger partial charge in [0.2, 0.25) is 24.2 Å². The zero-order valence-corrected chi connectivity index (χ0v) is 19.3. The maximum Gasteiger partial charge on any atom is 0.249 e. The van der Waals surface area contributed by atoms with Crippen LogP contribution >= 0.6 is 0 Å². The van der Waals surface area contributed by atoms with Crippen molar-refractivity contribution in [1.82, 2.24) is 14.7 Å². The molecular formula is C22H30N10O2. The van der Waals surface area contributed by atoms with Gasteiger partial charge in [-0.25, -0.2) is 9.80 Å². The van der Waals surface area contributed by atoms with Gasteiger partial charge >= 0.3 is 0 Å². The standard InChI is InChI=1S/C12H16N6.C10H14N4O2/c13-9-17(10-14)7-5-3-1-2-4-6-8-18(11-15)12-16;11-7-14(8-12)10(16)6-4-2-1-3-5-9(13)15/h1-8H2;1-6H2,(H2,13,15). The zero-order chi connectivity index (χ0) is 26.0. The zero-order valence-electron chi connectivity index (χ0n) is 19.3. The van der Waals surface area contributed by atoms with E-state index in [1.165, 1.54) is 12.4 Å². The highest BCUT2D eigenvalue weighted by molar-refractivity contribution is 5.79. The molecule has 12 heteroatoms. The van der Waals surface area contributed by atoms with Gasteiger partial charge in [-0.1, -0.05) is 38.5 Å². The molecule has 0 saturated heterocycles. The molecule has 0 unspecified atom stereocenters. The highest BCUT2D eigenvalue weighted by Gasteiger charge is 2.10. The molecule has 0 bridgehead atoms. The molecule has 34 heavy (non-hydrogen) atoms. The SMILES string of the molecule is N#CN(C#N)C(=O)CCCCCCC(N)=O.N#CN(C#N)CCCCCCCCN(C#N)C#N. The van der Waals surface area contributed by atoms with E-state index in [0.29, 0.717) is 37.3 Å². The molecule has 0 aromatic heterocycles. The molecule has 0 spiro atoms. The monoisotopic (exact) mass is 466 g/mol. The lowest BCUT2D eigenvalue weighted by Gasteiger charge is -2.06. The molecule has 0 fully saturated rings. The second-order valence-corrected chi connectivity index (χ2v) is 7.13. The summed E-state index contributed by atoms with van der Waals surface area (Å²) in [6.07, 6.45) is 19.3. The summed E-state index contributed by atoms with van der Waals surface area (Å²) in [6.45, 7) is 0.979. The third-order valence-electron chi connectivity index (χ3n) is 4.51. The first kappa shape index (κ1) is 31.7. The van der Waals surface area contributed by atoms with E-state index >= 15 is 0 Å². The van der Waals surface area contributed by atoms with Crippen molar-refractivity contribution in [1.29, 1.82) is 31.6 Å². The second-order valence-electron chi connectivity index (χ2n) is 7.13. The summed E-state index contributed by atoms with van der Waals surface area (Å²) in [5, 5.41) is 50.7. The third kappa shape index (κ3) is 19.4. The smallest absolute Gasteiger partial charge is 0.249 e. The second kappa shape index (κ2) is 23.1. The van der Waals surface area contributed by atoms with Crippen molar-refractivity contribution in [3.63, 3.8) is 0 Å². The Kier molecular flexibility index (Phi) is 21.6. The molecule has 0 aliphatic carbocycles. The maximum absolute atomic E-state index is 11.2. The number of primary amides is 1. The number of unbranched alkanes of at least 4 members (excludes halogenated alkanes) is 8. The van der Waals surface area contributed by atoms with Crippen molar-refractivity contribution in [2.45, 2.75) is 77.0 Å². The van der Waals surface area contributed by atoms with Crippen LogP contribution in [0.4, 0.5) is 0 Å². The molecule has 0 aliphatic heterocycles. The first-order valence-corrected chi connectivity index (χ1v) is 10.9. The summed E-state index contributed by atoms with van der Waals surface area (Å²) in [5.74, 6) is -0.809. The Hall–Kier alpha value is -4.52. The number of amides is 2. The summed E-state index contributed by atoms with van der Waals surface area (Å²) in [6, 6.07) is 0. The molecule has 2 N–H and O–H groups in total. The number of hydrogen-bond acceptors (Lipinski definition) is 10. The average molecular weight is 467 g/mol. The van der Waals surface area contributed by atoms with E-state index in [0.717, 1.165) is 61.2 Å². The normalized spacial score (nSPS) is 8.65. The third-order valence-corrected chi connectivity index (χ3v) is 4.51. The molecule has 180 valence electrons. The van der Waals surface area contributed by atoms with E-state index in [9.17, 15) is 9.59 Å². The molecule has 0 saturated carbocycles. The van der Waals surface area contributed by atoms with Crippen LogP contribution in [0, 0.1) is 68.7 Å². The number of hydrogen-bond donors (Lipinski definition) is 1. The molecule has 0 atom stereocenters. The summed E-state index contributed by atoms with van der Waals surface area (Å²) in [4.78, 5) is 24.1. The fourth-order valence-corrected chi connectivity index (χ4v) is 2.67. The van der Waals surface area contributed by atoms with Crippen molar-refractivity contribution in [2.24, 2.45) is 5.73 Å². The minimum absolute atomic E-state index is 0.178. The first-order chi connectivity index (χ1) is 16.4. The van der Waals surface area contributed by atoms with E-state index in [1.807, 2.05) is 0 Å². The van der Waals surface area contributed by atoms with E-state index in [2.05, 4.69) is 0 Å². The molecule has 12 nitrogen and oxygen atoms in total. The molecule has 0 aliphatic rings. The van der Waals surface area contributed by atoms with Crippen molar-refractivity contribution in [3.8, 4) is 37.2 Å². The van der Waals surface area contributed by atoms with Gasteiger partial charge in [0.1, 0.15) is 0 Å². The Labute approximate surface area is 201 Å². The van der Waals surface area contributed by atoms with Crippen LogP contribution in [0.15, 0.2) is 0 Å². The van der Waals surface area contributed by atoms with E-state index in [4.69, 9.17) is 37.3 Å². The summed E-state index contributed by atoms with van der Waals surface area (Å²) >= 11 is 0. The van der Waals surface area contributed by atoms with Crippen molar-refractivity contribution in [2.75, 3.05) is 13.1 Å². The Balaban J connectivity index is 0. The highest BCUT2D eigenvalue weighted by atomic mass is 16.2. The summed E-state index contributed by atoms with van der Waals surface area (Å²) in [7, 11) is 0. The minimum atomic E-state index is -0.486. The van der Waals surface area contributed by atoms with Gasteiger partial charge in [0.15, 0.2) is 24.8 Å². The Morgan fingerprint density at radius 2 is 0.882 bits per heavy atom. The number of nitrogens with two attached hydrogens (primary N) is 1. The first-order valence-electron chi connectivity index (χ1n) is 10.9. The van der Waals surface area contributed by atoms with Crippen molar-refractivity contribution >= 4 is 11.8 Å². The number of carbonyl (C=O) groups excluding carboxylic acids is 2. The Bertz CT molecular complexity index is 768. The van der Waals surface area contributed by atoms with Crippen LogP contribution in [0.1, 0.15) is 77.0 Å². The van der Waals surface area contributed by atoms with Crippen LogP contribution in [-0.2, 0) is 9.59 Å². The summed E-state index contributed by atoms with van der Waals surface area (Å²) in [5.41, 5.74) is 4.96. The van der Waals surface area contributed by atoms with Crippen LogP contribution in [-0.4, -0.2) is 39.6 Å². The molecule has 0 aromatic carbocycles. The van der Waals surface area contributed by atoms with Gasteiger partial charge in [-0.15, -0.1) is 4.90 Å². The molecule has 0 aromatic rings. The van der Waals surface area contributed by atoms with Crippen LogP contribution in [0.2, 0.25) is 0 Å². The number of nitriles is 6. The van der Waals surface area contributed by atoms with Gasteiger partial charge in [-0.2, -0.15) is 31.6 Å². The van der Waals surface area contributed by atoms with Gasteiger partial charge in [0, 0.05) is 25.9 Å². The van der Waals surface area contributed by atoms with Crippen molar-refractivity contribution in [3.05, 3.63) is 0 Å². The largest absolute Gasteiger partial charge is 0.370 e. The molecular weight excluding hydrogens is 436 g/mol. The fourth-order valence-electron chi connectivity index (χ4n) is 2.67. The van der Waals surface area contributed by atoms with Gasteiger partial charge in [-0.05, 0) is 25.7 Å².